The van der Waals surface area contributed by atoms with Gasteiger partial charge in [-0.2, -0.15) is 0 Å². The summed E-state index contributed by atoms with van der Waals surface area (Å²) in [6.45, 7) is 5.10. The first-order valence-electron chi connectivity index (χ1n) is 6.96. The molecule has 0 saturated carbocycles. The van der Waals surface area contributed by atoms with Crippen molar-refractivity contribution in [1.82, 2.24) is 10.3 Å². The SMILES string of the molecule is CCNC(CC)c1ccc(Oc2ccc(F)cc2Br)cn1. The summed E-state index contributed by atoms with van der Waals surface area (Å²) in [5, 5.41) is 3.38. The summed E-state index contributed by atoms with van der Waals surface area (Å²) in [6.07, 6.45) is 2.66. The van der Waals surface area contributed by atoms with Gasteiger partial charge < -0.3 is 10.1 Å². The monoisotopic (exact) mass is 352 g/mol. The van der Waals surface area contributed by atoms with E-state index in [1.54, 1.807) is 12.3 Å². The van der Waals surface area contributed by atoms with Gasteiger partial charge in [0.25, 0.3) is 0 Å². The molecule has 2 rings (SSSR count). The molecule has 0 bridgehead atoms. The highest BCUT2D eigenvalue weighted by Gasteiger charge is 2.10. The molecule has 1 aromatic carbocycles. The highest BCUT2D eigenvalue weighted by molar-refractivity contribution is 9.10. The van der Waals surface area contributed by atoms with Gasteiger partial charge in [0, 0.05) is 6.04 Å². The van der Waals surface area contributed by atoms with E-state index in [1.807, 2.05) is 12.1 Å². The summed E-state index contributed by atoms with van der Waals surface area (Å²) in [5.74, 6) is 0.876. The minimum atomic E-state index is -0.306. The molecule has 112 valence electrons. The lowest BCUT2D eigenvalue weighted by molar-refractivity contribution is 0.471. The second-order valence-corrected chi connectivity index (χ2v) is 5.47. The molecule has 0 spiro atoms. The predicted molar refractivity (Wildman–Crippen MR) is 85.1 cm³/mol. The minimum absolute atomic E-state index is 0.251. The Balaban J connectivity index is 2.11. The summed E-state index contributed by atoms with van der Waals surface area (Å²) in [4.78, 5) is 4.43. The number of hydrogen-bond donors (Lipinski definition) is 1. The number of nitrogens with zero attached hydrogens (tertiary/aromatic N) is 1. The average Bonchev–Trinajstić information content (AvgIpc) is 2.48. The lowest BCUT2D eigenvalue weighted by atomic mass is 10.1. The number of rotatable bonds is 6. The molecule has 0 amide bonds. The van der Waals surface area contributed by atoms with E-state index < -0.39 is 0 Å². The Morgan fingerprint density at radius 3 is 2.67 bits per heavy atom. The molecule has 3 nitrogen and oxygen atoms in total. The summed E-state index contributed by atoms with van der Waals surface area (Å²) >= 11 is 3.28. The molecule has 21 heavy (non-hydrogen) atoms. The van der Waals surface area contributed by atoms with Gasteiger partial charge in [-0.1, -0.05) is 13.8 Å². The van der Waals surface area contributed by atoms with Crippen LogP contribution in [0.15, 0.2) is 41.0 Å². The molecule has 0 aliphatic carbocycles. The molecule has 1 unspecified atom stereocenters. The zero-order chi connectivity index (χ0) is 15.2. The lowest BCUT2D eigenvalue weighted by Crippen LogP contribution is -2.20. The van der Waals surface area contributed by atoms with Crippen LogP contribution in [0.4, 0.5) is 4.39 Å². The molecule has 0 saturated heterocycles. The molecule has 0 radical (unpaired) electrons. The van der Waals surface area contributed by atoms with Crippen molar-refractivity contribution in [3.05, 3.63) is 52.5 Å². The highest BCUT2D eigenvalue weighted by atomic mass is 79.9. The van der Waals surface area contributed by atoms with Gasteiger partial charge >= 0.3 is 0 Å². The Labute approximate surface area is 132 Å². The van der Waals surface area contributed by atoms with Crippen LogP contribution in [-0.4, -0.2) is 11.5 Å². The van der Waals surface area contributed by atoms with Crippen molar-refractivity contribution < 1.29 is 9.13 Å². The molecule has 0 aliphatic rings. The van der Waals surface area contributed by atoms with Crippen LogP contribution >= 0.6 is 15.9 Å². The van der Waals surface area contributed by atoms with E-state index in [4.69, 9.17) is 4.74 Å². The number of hydrogen-bond acceptors (Lipinski definition) is 3. The third-order valence-corrected chi connectivity index (χ3v) is 3.72. The third-order valence-electron chi connectivity index (χ3n) is 3.10. The second-order valence-electron chi connectivity index (χ2n) is 4.61. The van der Waals surface area contributed by atoms with E-state index in [2.05, 4.69) is 40.1 Å². The Bertz CT molecular complexity index is 589. The zero-order valence-corrected chi connectivity index (χ0v) is 13.7. The van der Waals surface area contributed by atoms with E-state index in [1.165, 1.54) is 12.1 Å². The van der Waals surface area contributed by atoms with Crippen molar-refractivity contribution in [2.75, 3.05) is 6.54 Å². The number of aromatic nitrogens is 1. The quantitative estimate of drug-likeness (QED) is 0.807. The Kier molecular flexibility index (Phi) is 5.70. The summed E-state index contributed by atoms with van der Waals surface area (Å²) in [5.41, 5.74) is 0.991. The van der Waals surface area contributed by atoms with E-state index >= 15 is 0 Å². The maximum atomic E-state index is 13.0. The van der Waals surface area contributed by atoms with Gasteiger partial charge in [-0.25, -0.2) is 4.39 Å². The molecule has 1 N–H and O–H groups in total. The van der Waals surface area contributed by atoms with Crippen LogP contribution in [0.3, 0.4) is 0 Å². The molecule has 5 heteroatoms. The molecule has 1 atom stereocenters. The van der Waals surface area contributed by atoms with Gasteiger partial charge in [0.1, 0.15) is 17.3 Å². The summed E-state index contributed by atoms with van der Waals surface area (Å²) in [6, 6.07) is 8.39. The van der Waals surface area contributed by atoms with Crippen LogP contribution in [0.1, 0.15) is 32.0 Å². The fourth-order valence-corrected chi connectivity index (χ4v) is 2.48. The first kappa shape index (κ1) is 15.9. The molecule has 1 heterocycles. The van der Waals surface area contributed by atoms with E-state index in [0.29, 0.717) is 16.0 Å². The largest absolute Gasteiger partial charge is 0.455 e. The number of halogens is 2. The van der Waals surface area contributed by atoms with Gasteiger partial charge in [-0.3, -0.25) is 4.98 Å². The number of ether oxygens (including phenoxy) is 1. The molecular weight excluding hydrogens is 335 g/mol. The Morgan fingerprint density at radius 2 is 2.10 bits per heavy atom. The maximum Gasteiger partial charge on any atom is 0.145 e. The number of nitrogens with one attached hydrogen (secondary N) is 1. The van der Waals surface area contributed by atoms with Gasteiger partial charge in [0.05, 0.1) is 16.4 Å². The first-order valence-corrected chi connectivity index (χ1v) is 7.75. The molecule has 0 fully saturated rings. The Hall–Kier alpha value is -1.46. The van der Waals surface area contributed by atoms with Crippen LogP contribution in [-0.2, 0) is 0 Å². The smallest absolute Gasteiger partial charge is 0.145 e. The van der Waals surface area contributed by atoms with Crippen molar-refractivity contribution in [2.24, 2.45) is 0 Å². The standard InChI is InChI=1S/C16H18BrFN2O/c1-3-14(19-4-2)15-7-6-12(10-20-15)21-16-8-5-11(18)9-13(16)17/h5-10,14,19H,3-4H2,1-2H3. The Morgan fingerprint density at radius 1 is 1.29 bits per heavy atom. The van der Waals surface area contributed by atoms with Crippen molar-refractivity contribution in [2.45, 2.75) is 26.3 Å². The van der Waals surface area contributed by atoms with Crippen LogP contribution < -0.4 is 10.1 Å². The average molecular weight is 353 g/mol. The summed E-state index contributed by atoms with van der Waals surface area (Å²) < 4.78 is 19.3. The summed E-state index contributed by atoms with van der Waals surface area (Å²) in [7, 11) is 0. The number of benzene rings is 1. The van der Waals surface area contributed by atoms with Crippen molar-refractivity contribution in [1.29, 1.82) is 0 Å². The molecule has 0 aliphatic heterocycles. The normalized spacial score (nSPS) is 12.2. The van der Waals surface area contributed by atoms with Gasteiger partial charge in [0.15, 0.2) is 0 Å². The molecule has 2 aromatic rings. The minimum Gasteiger partial charge on any atom is -0.455 e. The fraction of sp³-hybridized carbons (Fsp3) is 0.312. The second kappa shape index (κ2) is 7.52. The van der Waals surface area contributed by atoms with E-state index in [-0.39, 0.29) is 11.9 Å². The van der Waals surface area contributed by atoms with Crippen molar-refractivity contribution in [3.63, 3.8) is 0 Å². The first-order chi connectivity index (χ1) is 10.1. The van der Waals surface area contributed by atoms with Gasteiger partial charge in [-0.15, -0.1) is 0 Å². The van der Waals surface area contributed by atoms with Crippen LogP contribution in [0.2, 0.25) is 0 Å². The fourth-order valence-electron chi connectivity index (χ4n) is 2.05. The molecule has 1 aromatic heterocycles. The van der Waals surface area contributed by atoms with Crippen molar-refractivity contribution >= 4 is 15.9 Å². The third kappa shape index (κ3) is 4.25. The van der Waals surface area contributed by atoms with Gasteiger partial charge in [-0.05, 0) is 59.2 Å². The number of pyridine rings is 1. The highest BCUT2D eigenvalue weighted by Crippen LogP contribution is 2.30. The van der Waals surface area contributed by atoms with Crippen LogP contribution in [0.25, 0.3) is 0 Å². The van der Waals surface area contributed by atoms with Crippen LogP contribution in [0, 0.1) is 5.82 Å². The van der Waals surface area contributed by atoms with Gasteiger partial charge in [0.2, 0.25) is 0 Å². The van der Waals surface area contributed by atoms with E-state index in [0.717, 1.165) is 18.7 Å². The van der Waals surface area contributed by atoms with E-state index in [9.17, 15) is 4.39 Å². The topological polar surface area (TPSA) is 34.1 Å². The maximum absolute atomic E-state index is 13.0. The zero-order valence-electron chi connectivity index (χ0n) is 12.1. The predicted octanol–water partition coefficient (Wildman–Crippen LogP) is 4.84. The lowest BCUT2D eigenvalue weighted by Gasteiger charge is -2.15. The molecular formula is C16H18BrFN2O. The van der Waals surface area contributed by atoms with Crippen LogP contribution in [0.5, 0.6) is 11.5 Å². The van der Waals surface area contributed by atoms with Crippen molar-refractivity contribution in [3.8, 4) is 11.5 Å².